The summed E-state index contributed by atoms with van der Waals surface area (Å²) in [5, 5.41) is 6.52. The molecule has 0 spiro atoms. The Labute approximate surface area is 175 Å². The van der Waals surface area contributed by atoms with E-state index in [0.29, 0.717) is 29.2 Å². The number of halogens is 2. The summed E-state index contributed by atoms with van der Waals surface area (Å²) in [5.41, 5.74) is 0.475. The number of guanidine groups is 1. The Morgan fingerprint density at radius 2 is 2.10 bits per heavy atom. The van der Waals surface area contributed by atoms with Crippen LogP contribution in [0.3, 0.4) is 0 Å². The number of nitrogens with one attached hydrogen (secondary N) is 2. The van der Waals surface area contributed by atoms with E-state index < -0.39 is 6.61 Å². The van der Waals surface area contributed by atoms with Crippen molar-refractivity contribution in [1.29, 1.82) is 0 Å². The van der Waals surface area contributed by atoms with E-state index in [9.17, 15) is 13.6 Å². The van der Waals surface area contributed by atoms with Crippen LogP contribution in [0.25, 0.3) is 0 Å². The lowest BCUT2D eigenvalue weighted by atomic mass is 9.95. The molecule has 7 nitrogen and oxygen atoms in total. The summed E-state index contributed by atoms with van der Waals surface area (Å²) in [4.78, 5) is 18.1. The number of hydrogen-bond donors (Lipinski definition) is 2. The Hall–Kier alpha value is -2.58. The molecule has 2 saturated carbocycles. The predicted molar refractivity (Wildman–Crippen MR) is 110 cm³/mol. The van der Waals surface area contributed by atoms with Crippen LogP contribution in [0.15, 0.2) is 23.2 Å². The standard InChI is InChI=1S/C21H30F2N4O3/c1-27(2)19(28)12-25-21(26-17-9-13-4-5-14(17)8-13)24-11-15-10-16(29-3)6-7-18(15)30-20(22)23/h6-7,10,13-14,17,20H,4-5,8-9,11-12H2,1-3H3,(H2,24,25,26). The molecule has 0 heterocycles. The van der Waals surface area contributed by atoms with Crippen LogP contribution >= 0.6 is 0 Å². The Kier molecular flexibility index (Phi) is 7.33. The molecule has 9 heteroatoms. The van der Waals surface area contributed by atoms with Crippen molar-refractivity contribution < 1.29 is 23.0 Å². The quantitative estimate of drug-likeness (QED) is 0.496. The highest BCUT2D eigenvalue weighted by Crippen LogP contribution is 2.44. The van der Waals surface area contributed by atoms with Gasteiger partial charge >= 0.3 is 6.61 Å². The van der Waals surface area contributed by atoms with Gasteiger partial charge in [0.2, 0.25) is 5.91 Å². The number of methoxy groups -OCH3 is 1. The zero-order valence-corrected chi connectivity index (χ0v) is 17.7. The summed E-state index contributed by atoms with van der Waals surface area (Å²) in [6.45, 7) is -2.73. The lowest BCUT2D eigenvalue weighted by molar-refractivity contribution is -0.127. The van der Waals surface area contributed by atoms with Gasteiger partial charge in [-0.1, -0.05) is 6.42 Å². The van der Waals surface area contributed by atoms with Gasteiger partial charge in [0.25, 0.3) is 0 Å². The van der Waals surface area contributed by atoms with E-state index in [-0.39, 0.29) is 24.7 Å². The molecule has 30 heavy (non-hydrogen) atoms. The second kappa shape index (κ2) is 9.95. The van der Waals surface area contributed by atoms with Gasteiger partial charge in [-0.25, -0.2) is 4.99 Å². The number of carbonyl (C=O) groups is 1. The molecular weight excluding hydrogens is 394 g/mol. The Bertz CT molecular complexity index is 773. The first-order valence-corrected chi connectivity index (χ1v) is 10.2. The molecule has 3 unspecified atom stereocenters. The van der Waals surface area contributed by atoms with Gasteiger partial charge in [0.05, 0.1) is 20.2 Å². The highest BCUT2D eigenvalue weighted by atomic mass is 19.3. The van der Waals surface area contributed by atoms with E-state index in [0.717, 1.165) is 12.3 Å². The van der Waals surface area contributed by atoms with E-state index in [1.165, 1.54) is 37.3 Å². The minimum Gasteiger partial charge on any atom is -0.497 e. The Morgan fingerprint density at radius 3 is 2.70 bits per heavy atom. The van der Waals surface area contributed by atoms with Crippen LogP contribution in [0, 0.1) is 11.8 Å². The summed E-state index contributed by atoms with van der Waals surface area (Å²) < 4.78 is 35.4. The number of carbonyl (C=O) groups excluding carboxylic acids is 1. The van der Waals surface area contributed by atoms with Gasteiger partial charge in [0, 0.05) is 25.7 Å². The van der Waals surface area contributed by atoms with E-state index in [2.05, 4.69) is 20.4 Å². The normalized spacial score (nSPS) is 22.9. The number of benzene rings is 1. The molecule has 166 valence electrons. The van der Waals surface area contributed by atoms with Crippen LogP contribution in [0.1, 0.15) is 31.2 Å². The maximum atomic E-state index is 12.8. The molecule has 2 N–H and O–H groups in total. The third kappa shape index (κ3) is 5.73. The number of rotatable bonds is 8. The van der Waals surface area contributed by atoms with Gasteiger partial charge in [-0.3, -0.25) is 4.79 Å². The van der Waals surface area contributed by atoms with Crippen LogP contribution in [0.4, 0.5) is 8.78 Å². The highest BCUT2D eigenvalue weighted by Gasteiger charge is 2.39. The summed E-state index contributed by atoms with van der Waals surface area (Å²) >= 11 is 0. The molecule has 2 fully saturated rings. The fraction of sp³-hybridized carbons (Fsp3) is 0.619. The van der Waals surface area contributed by atoms with Crippen LogP contribution in [-0.2, 0) is 11.3 Å². The second-order valence-electron chi connectivity index (χ2n) is 8.08. The number of amides is 1. The molecule has 1 aromatic rings. The van der Waals surface area contributed by atoms with Gasteiger partial charge in [-0.05, 0) is 49.3 Å². The van der Waals surface area contributed by atoms with Crippen molar-refractivity contribution in [1.82, 2.24) is 15.5 Å². The monoisotopic (exact) mass is 424 g/mol. The largest absolute Gasteiger partial charge is 0.497 e. The SMILES string of the molecule is COc1ccc(OC(F)F)c(CN=C(NCC(=O)N(C)C)NC2CC3CCC2C3)c1. The van der Waals surface area contributed by atoms with Crippen molar-refractivity contribution in [3.8, 4) is 11.5 Å². The average molecular weight is 424 g/mol. The molecule has 1 aromatic carbocycles. The molecule has 0 aromatic heterocycles. The second-order valence-corrected chi connectivity index (χ2v) is 8.08. The molecule has 0 saturated heterocycles. The Balaban J connectivity index is 1.75. The molecule has 2 aliphatic rings. The molecule has 3 rings (SSSR count). The first-order valence-electron chi connectivity index (χ1n) is 10.2. The highest BCUT2D eigenvalue weighted by molar-refractivity contribution is 5.86. The maximum Gasteiger partial charge on any atom is 0.387 e. The molecule has 1 amide bonds. The topological polar surface area (TPSA) is 75.2 Å². The number of nitrogens with zero attached hydrogens (tertiary/aromatic N) is 2. The molecule has 0 radical (unpaired) electrons. The lowest BCUT2D eigenvalue weighted by Gasteiger charge is -2.25. The first-order chi connectivity index (χ1) is 14.4. The third-order valence-electron chi connectivity index (χ3n) is 5.86. The zero-order valence-electron chi connectivity index (χ0n) is 17.7. The summed E-state index contributed by atoms with van der Waals surface area (Å²) in [7, 11) is 4.88. The van der Waals surface area contributed by atoms with E-state index in [1.807, 2.05) is 0 Å². The van der Waals surface area contributed by atoms with Gasteiger partial charge in [-0.2, -0.15) is 8.78 Å². The fourth-order valence-corrected chi connectivity index (χ4v) is 4.25. The van der Waals surface area contributed by atoms with Gasteiger partial charge in [0.15, 0.2) is 5.96 Å². The van der Waals surface area contributed by atoms with E-state index >= 15 is 0 Å². The molecule has 3 atom stereocenters. The van der Waals surface area contributed by atoms with Gasteiger partial charge in [0.1, 0.15) is 11.5 Å². The number of likely N-dealkylation sites (N-methyl/N-ethyl adjacent to an activating group) is 1. The van der Waals surface area contributed by atoms with Crippen LogP contribution < -0.4 is 20.1 Å². The first kappa shape index (κ1) is 22.1. The van der Waals surface area contributed by atoms with Crippen molar-refractivity contribution >= 4 is 11.9 Å². The van der Waals surface area contributed by atoms with Gasteiger partial charge < -0.3 is 25.0 Å². The number of fused-ring (bicyclic) bond motifs is 2. The van der Waals surface area contributed by atoms with Crippen LogP contribution in [0.5, 0.6) is 11.5 Å². The number of alkyl halides is 2. The Morgan fingerprint density at radius 1 is 1.30 bits per heavy atom. The minimum absolute atomic E-state index is 0.0539. The molecule has 0 aliphatic heterocycles. The average Bonchev–Trinajstić information content (AvgIpc) is 3.33. The van der Waals surface area contributed by atoms with Crippen LogP contribution in [0.2, 0.25) is 0 Å². The van der Waals surface area contributed by atoms with Crippen molar-refractivity contribution in [2.24, 2.45) is 16.8 Å². The summed E-state index contributed by atoms with van der Waals surface area (Å²) in [6, 6.07) is 4.95. The number of hydrogen-bond acceptors (Lipinski definition) is 4. The van der Waals surface area contributed by atoms with Crippen molar-refractivity contribution in [2.75, 3.05) is 27.7 Å². The number of aliphatic imine (C=N–C) groups is 1. The molecular formula is C21H30F2N4O3. The van der Waals surface area contributed by atoms with Crippen molar-refractivity contribution in [3.63, 3.8) is 0 Å². The van der Waals surface area contributed by atoms with E-state index in [1.54, 1.807) is 26.2 Å². The van der Waals surface area contributed by atoms with Crippen molar-refractivity contribution in [2.45, 2.75) is 44.9 Å². The molecule has 2 bridgehead atoms. The van der Waals surface area contributed by atoms with Crippen LogP contribution in [-0.4, -0.2) is 57.2 Å². The smallest absolute Gasteiger partial charge is 0.387 e. The lowest BCUT2D eigenvalue weighted by Crippen LogP contribution is -2.48. The maximum absolute atomic E-state index is 12.8. The third-order valence-corrected chi connectivity index (χ3v) is 5.86. The van der Waals surface area contributed by atoms with Gasteiger partial charge in [-0.15, -0.1) is 0 Å². The zero-order chi connectivity index (χ0) is 21.7. The predicted octanol–water partition coefficient (Wildman–Crippen LogP) is 2.61. The molecule has 2 aliphatic carbocycles. The minimum atomic E-state index is -2.93. The van der Waals surface area contributed by atoms with E-state index in [4.69, 9.17) is 4.74 Å². The van der Waals surface area contributed by atoms with Crippen molar-refractivity contribution in [3.05, 3.63) is 23.8 Å². The summed E-state index contributed by atoms with van der Waals surface area (Å²) in [5.74, 6) is 2.36. The number of ether oxygens (including phenoxy) is 2. The fourth-order valence-electron chi connectivity index (χ4n) is 4.25. The summed E-state index contributed by atoms with van der Waals surface area (Å²) in [6.07, 6.45) is 4.80.